The van der Waals surface area contributed by atoms with E-state index in [2.05, 4.69) is 22.0 Å². The van der Waals surface area contributed by atoms with Crippen molar-refractivity contribution < 1.29 is 13.9 Å². The highest BCUT2D eigenvalue weighted by Crippen LogP contribution is 2.34. The number of ketones is 1. The second-order valence-corrected chi connectivity index (χ2v) is 6.88. The number of benzene rings is 1. The molecule has 2 aliphatic rings. The summed E-state index contributed by atoms with van der Waals surface area (Å²) in [6, 6.07) is 13.9. The monoisotopic (exact) mass is 340 g/mol. The van der Waals surface area contributed by atoms with Crippen LogP contribution in [0.3, 0.4) is 0 Å². The molecule has 25 heavy (non-hydrogen) atoms. The Bertz CT molecular complexity index is 738. The summed E-state index contributed by atoms with van der Waals surface area (Å²) in [5.41, 5.74) is 1.38. The highest BCUT2D eigenvalue weighted by atomic mass is 19.1. The number of morpholine rings is 1. The summed E-state index contributed by atoms with van der Waals surface area (Å²) in [5, 5.41) is 0. The Labute approximate surface area is 146 Å². The molecule has 0 N–H and O–H groups in total. The molecule has 0 radical (unpaired) electrons. The van der Waals surface area contributed by atoms with Crippen molar-refractivity contribution in [3.8, 4) is 0 Å². The molecule has 2 aliphatic heterocycles. The minimum atomic E-state index is -0.666. The Kier molecular flexibility index (Phi) is 4.59. The van der Waals surface area contributed by atoms with Crippen molar-refractivity contribution in [1.82, 2.24) is 9.88 Å². The third kappa shape index (κ3) is 3.34. The molecular formula is C20H21FN2O2. The largest absolute Gasteiger partial charge is 0.378 e. The molecular weight excluding hydrogens is 319 g/mol. The average Bonchev–Trinajstić information content (AvgIpc) is 2.62. The van der Waals surface area contributed by atoms with Gasteiger partial charge in [0.25, 0.3) is 0 Å². The Balaban J connectivity index is 1.51. The van der Waals surface area contributed by atoms with Crippen LogP contribution in [0.25, 0.3) is 0 Å². The number of Topliss-reactive ketones (excluding diaryl/α,β-unsaturated/α-hetero) is 1. The third-order valence-corrected chi connectivity index (χ3v) is 5.28. The third-order valence-electron chi connectivity index (χ3n) is 5.28. The van der Waals surface area contributed by atoms with Gasteiger partial charge in [0.15, 0.2) is 5.78 Å². The molecule has 130 valence electrons. The summed E-state index contributed by atoms with van der Waals surface area (Å²) >= 11 is 0. The Morgan fingerprint density at radius 1 is 1.12 bits per heavy atom. The first-order valence-electron chi connectivity index (χ1n) is 8.74. The van der Waals surface area contributed by atoms with Crippen LogP contribution in [0, 0.1) is 11.9 Å². The number of hydrogen-bond acceptors (Lipinski definition) is 4. The van der Waals surface area contributed by atoms with E-state index in [4.69, 9.17) is 4.74 Å². The van der Waals surface area contributed by atoms with Crippen LogP contribution in [0.5, 0.6) is 0 Å². The number of carbonyl (C=O) groups is 1. The van der Waals surface area contributed by atoms with Gasteiger partial charge in [0, 0.05) is 30.7 Å². The van der Waals surface area contributed by atoms with Crippen LogP contribution in [0.2, 0.25) is 0 Å². The number of ether oxygens (including phenoxy) is 1. The van der Waals surface area contributed by atoms with Gasteiger partial charge >= 0.3 is 0 Å². The molecule has 0 saturated carbocycles. The summed E-state index contributed by atoms with van der Waals surface area (Å²) in [5.74, 6) is -0.952. The van der Waals surface area contributed by atoms with Gasteiger partial charge < -0.3 is 4.74 Å². The number of aromatic nitrogens is 1. The van der Waals surface area contributed by atoms with Gasteiger partial charge in [-0.05, 0) is 30.5 Å². The fraction of sp³-hybridized carbons (Fsp3) is 0.400. The van der Waals surface area contributed by atoms with Gasteiger partial charge in [-0.1, -0.05) is 30.3 Å². The zero-order valence-electron chi connectivity index (χ0n) is 14.0. The second-order valence-electron chi connectivity index (χ2n) is 6.88. The van der Waals surface area contributed by atoms with Gasteiger partial charge in [-0.15, -0.1) is 0 Å². The van der Waals surface area contributed by atoms with E-state index in [1.54, 1.807) is 6.07 Å². The molecule has 4 rings (SSSR count). The SMILES string of the molecule is O=C(c1cccnc1F)C1CC2COCC(C1)N2Cc1ccccc1. The fourth-order valence-electron chi connectivity index (χ4n) is 4.05. The summed E-state index contributed by atoms with van der Waals surface area (Å²) in [4.78, 5) is 18.8. The molecule has 0 spiro atoms. The van der Waals surface area contributed by atoms with Gasteiger partial charge in [-0.25, -0.2) is 4.98 Å². The van der Waals surface area contributed by atoms with Crippen LogP contribution in [0.4, 0.5) is 4.39 Å². The average molecular weight is 340 g/mol. The zero-order chi connectivity index (χ0) is 17.2. The topological polar surface area (TPSA) is 42.4 Å². The maximum Gasteiger partial charge on any atom is 0.223 e. The number of fused-ring (bicyclic) bond motifs is 2. The number of nitrogens with zero attached hydrogens (tertiary/aromatic N) is 2. The molecule has 2 unspecified atom stereocenters. The quantitative estimate of drug-likeness (QED) is 0.634. The molecule has 0 aliphatic carbocycles. The highest BCUT2D eigenvalue weighted by molar-refractivity contribution is 5.97. The van der Waals surface area contributed by atoms with E-state index in [0.29, 0.717) is 26.1 Å². The van der Waals surface area contributed by atoms with Crippen LogP contribution in [-0.4, -0.2) is 41.0 Å². The first-order chi connectivity index (χ1) is 12.2. The lowest BCUT2D eigenvalue weighted by Crippen LogP contribution is -2.57. The van der Waals surface area contributed by atoms with Crippen molar-refractivity contribution in [2.24, 2.45) is 5.92 Å². The lowest BCUT2D eigenvalue weighted by atomic mass is 9.80. The maximum atomic E-state index is 13.9. The van der Waals surface area contributed by atoms with E-state index >= 15 is 0 Å². The predicted octanol–water partition coefficient (Wildman–Crippen LogP) is 3.08. The molecule has 4 nitrogen and oxygen atoms in total. The molecule has 0 amide bonds. The van der Waals surface area contributed by atoms with E-state index in [0.717, 1.165) is 6.54 Å². The zero-order valence-corrected chi connectivity index (χ0v) is 14.0. The van der Waals surface area contributed by atoms with Crippen LogP contribution in [0.1, 0.15) is 28.8 Å². The van der Waals surface area contributed by atoms with E-state index in [-0.39, 0.29) is 29.3 Å². The van der Waals surface area contributed by atoms with Crippen LogP contribution >= 0.6 is 0 Å². The van der Waals surface area contributed by atoms with Crippen molar-refractivity contribution in [3.05, 3.63) is 65.7 Å². The lowest BCUT2D eigenvalue weighted by molar-refractivity contribution is -0.0873. The molecule has 3 heterocycles. The molecule has 2 bridgehead atoms. The van der Waals surface area contributed by atoms with Gasteiger partial charge in [-0.2, -0.15) is 4.39 Å². The van der Waals surface area contributed by atoms with Gasteiger partial charge in [0.2, 0.25) is 5.95 Å². The molecule has 2 fully saturated rings. The normalized spacial score (nSPS) is 26.4. The summed E-state index contributed by atoms with van der Waals surface area (Å²) in [6.45, 7) is 2.12. The van der Waals surface area contributed by atoms with E-state index in [9.17, 15) is 9.18 Å². The molecule has 1 aromatic heterocycles. The van der Waals surface area contributed by atoms with Crippen LogP contribution in [0.15, 0.2) is 48.7 Å². The van der Waals surface area contributed by atoms with Gasteiger partial charge in [-0.3, -0.25) is 9.69 Å². The van der Waals surface area contributed by atoms with Crippen molar-refractivity contribution in [3.63, 3.8) is 0 Å². The number of halogens is 1. The standard InChI is InChI=1S/C20H21FN2O2/c21-20-18(7-4-8-22-20)19(24)15-9-16-12-25-13-17(10-15)23(16)11-14-5-2-1-3-6-14/h1-8,15-17H,9-13H2. The maximum absolute atomic E-state index is 13.9. The summed E-state index contributed by atoms with van der Waals surface area (Å²) < 4.78 is 19.6. The van der Waals surface area contributed by atoms with Gasteiger partial charge in [0.05, 0.1) is 18.8 Å². The number of piperidine rings is 1. The van der Waals surface area contributed by atoms with Crippen molar-refractivity contribution in [1.29, 1.82) is 0 Å². The highest BCUT2D eigenvalue weighted by Gasteiger charge is 2.41. The van der Waals surface area contributed by atoms with Gasteiger partial charge in [0.1, 0.15) is 0 Å². The Morgan fingerprint density at radius 3 is 2.52 bits per heavy atom. The number of carbonyl (C=O) groups excluding carboxylic acids is 1. The van der Waals surface area contributed by atoms with E-state index in [1.807, 2.05) is 18.2 Å². The number of hydrogen-bond donors (Lipinski definition) is 0. The molecule has 1 aromatic carbocycles. The lowest BCUT2D eigenvalue weighted by Gasteiger charge is -2.48. The fourth-order valence-corrected chi connectivity index (χ4v) is 4.05. The summed E-state index contributed by atoms with van der Waals surface area (Å²) in [6.07, 6.45) is 2.78. The second kappa shape index (κ2) is 7.02. The number of rotatable bonds is 4. The first-order valence-corrected chi connectivity index (χ1v) is 8.74. The number of pyridine rings is 1. The first kappa shape index (κ1) is 16.4. The molecule has 2 saturated heterocycles. The van der Waals surface area contributed by atoms with Crippen molar-refractivity contribution in [2.45, 2.75) is 31.5 Å². The minimum absolute atomic E-state index is 0.114. The Morgan fingerprint density at radius 2 is 1.84 bits per heavy atom. The molecule has 5 heteroatoms. The smallest absolute Gasteiger partial charge is 0.223 e. The van der Waals surface area contributed by atoms with Crippen molar-refractivity contribution in [2.75, 3.05) is 13.2 Å². The molecule has 2 aromatic rings. The van der Waals surface area contributed by atoms with E-state index < -0.39 is 5.95 Å². The summed E-state index contributed by atoms with van der Waals surface area (Å²) in [7, 11) is 0. The van der Waals surface area contributed by atoms with Crippen LogP contribution in [-0.2, 0) is 11.3 Å². The van der Waals surface area contributed by atoms with E-state index in [1.165, 1.54) is 17.8 Å². The van der Waals surface area contributed by atoms with Crippen LogP contribution < -0.4 is 0 Å². The minimum Gasteiger partial charge on any atom is -0.378 e. The Hall–Kier alpha value is -2.11. The predicted molar refractivity (Wildman–Crippen MR) is 91.6 cm³/mol. The molecule has 2 atom stereocenters. The van der Waals surface area contributed by atoms with Crippen molar-refractivity contribution >= 4 is 5.78 Å².